The van der Waals surface area contributed by atoms with E-state index < -0.39 is 6.04 Å². The number of piperidine rings is 1. The van der Waals surface area contributed by atoms with Gasteiger partial charge < -0.3 is 29.6 Å². The molecule has 2 heterocycles. The Balaban J connectivity index is 1.40. The number of nitrogens with zero attached hydrogens (tertiary/aromatic N) is 3. The third-order valence-electron chi connectivity index (χ3n) is 8.49. The Labute approximate surface area is 245 Å². The zero-order valence-electron chi connectivity index (χ0n) is 24.5. The van der Waals surface area contributed by atoms with E-state index in [1.54, 1.807) is 13.4 Å². The molecule has 1 saturated heterocycles. The summed E-state index contributed by atoms with van der Waals surface area (Å²) in [6.45, 7) is 5.06. The summed E-state index contributed by atoms with van der Waals surface area (Å²) in [5.41, 5.74) is 1.97. The zero-order chi connectivity index (χ0) is 28.4. The Morgan fingerprint density at radius 2 is 1.90 bits per heavy atom. The minimum atomic E-state index is -0.456. The van der Waals surface area contributed by atoms with Gasteiger partial charge in [-0.3, -0.25) is 4.79 Å². The Morgan fingerprint density at radius 1 is 1.18 bits per heavy atom. The number of aryl methyl sites for hydroxylation is 1. The smallest absolute Gasteiger partial charge is 0.245 e. The lowest BCUT2D eigenvalue weighted by molar-refractivity contribution is -0.149. The molecule has 0 radical (unpaired) electrons. The van der Waals surface area contributed by atoms with Gasteiger partial charge in [-0.1, -0.05) is 38.3 Å². The second-order valence-electron chi connectivity index (χ2n) is 11.4. The fourth-order valence-electron chi connectivity index (χ4n) is 6.24. The number of rotatable bonds is 12. The summed E-state index contributed by atoms with van der Waals surface area (Å²) in [5.74, 6) is 1.50. The Hall–Kier alpha value is -2.65. The number of likely N-dealkylation sites (tertiary alicyclic amines) is 1. The first-order chi connectivity index (χ1) is 19.4. The van der Waals surface area contributed by atoms with Crippen molar-refractivity contribution in [3.8, 4) is 5.75 Å². The van der Waals surface area contributed by atoms with Gasteiger partial charge in [0, 0.05) is 52.3 Å². The molecule has 9 heteroatoms. The Morgan fingerprint density at radius 3 is 2.52 bits per heavy atom. The molecule has 1 aliphatic heterocycles. The summed E-state index contributed by atoms with van der Waals surface area (Å²) in [4.78, 5) is 20.4. The van der Waals surface area contributed by atoms with Crippen molar-refractivity contribution in [3.05, 3.63) is 48.0 Å². The third kappa shape index (κ3) is 8.19. The van der Waals surface area contributed by atoms with E-state index in [9.17, 15) is 4.79 Å². The van der Waals surface area contributed by atoms with Crippen LogP contribution >= 0.6 is 12.2 Å². The molecule has 1 unspecified atom stereocenters. The van der Waals surface area contributed by atoms with Gasteiger partial charge in [0.05, 0.1) is 24.7 Å². The summed E-state index contributed by atoms with van der Waals surface area (Å²) in [7, 11) is 3.62. The number of ether oxygens (including phenoxy) is 2. The fraction of sp³-hybridized carbons (Fsp3) is 0.645. The van der Waals surface area contributed by atoms with Gasteiger partial charge in [-0.25, -0.2) is 4.98 Å². The zero-order valence-corrected chi connectivity index (χ0v) is 25.3. The van der Waals surface area contributed by atoms with Gasteiger partial charge in [0.15, 0.2) is 5.11 Å². The van der Waals surface area contributed by atoms with Crippen LogP contribution in [-0.2, 0) is 29.4 Å². The van der Waals surface area contributed by atoms with Gasteiger partial charge in [0.1, 0.15) is 11.8 Å². The largest absolute Gasteiger partial charge is 0.497 e. The van der Waals surface area contributed by atoms with Gasteiger partial charge in [-0.05, 0) is 67.9 Å². The van der Waals surface area contributed by atoms with Gasteiger partial charge in [-0.2, -0.15) is 0 Å². The topological polar surface area (TPSA) is 80.6 Å². The normalized spacial score (nSPS) is 18.2. The highest BCUT2D eigenvalue weighted by atomic mass is 32.1. The molecule has 40 heavy (non-hydrogen) atoms. The Bertz CT molecular complexity index is 1070. The highest BCUT2D eigenvalue weighted by Gasteiger charge is 2.44. The number of methoxy groups -OCH3 is 1. The SMILES string of the molecule is CCCOC1(C2CCCCC2)CCN(C(=O)C(Cc2ccc(OC)cc2)NC(=S)NCCc2cn(C)cn2)CC1. The second-order valence-corrected chi connectivity index (χ2v) is 11.8. The third-order valence-corrected chi connectivity index (χ3v) is 8.75. The summed E-state index contributed by atoms with van der Waals surface area (Å²) < 4.78 is 13.9. The number of benzene rings is 1. The van der Waals surface area contributed by atoms with Crippen LogP contribution in [0.4, 0.5) is 0 Å². The minimum absolute atomic E-state index is 0.0888. The van der Waals surface area contributed by atoms with E-state index in [2.05, 4.69) is 22.5 Å². The lowest BCUT2D eigenvalue weighted by Gasteiger charge is -2.48. The van der Waals surface area contributed by atoms with Gasteiger partial charge in [0.25, 0.3) is 0 Å². The van der Waals surface area contributed by atoms with E-state index >= 15 is 0 Å². The van der Waals surface area contributed by atoms with Crippen LogP contribution in [0.15, 0.2) is 36.8 Å². The molecule has 4 rings (SSSR count). The van der Waals surface area contributed by atoms with Crippen molar-refractivity contribution in [2.24, 2.45) is 13.0 Å². The maximum absolute atomic E-state index is 14.0. The lowest BCUT2D eigenvalue weighted by atomic mass is 9.72. The van der Waals surface area contributed by atoms with Gasteiger partial charge in [-0.15, -0.1) is 0 Å². The molecule has 8 nitrogen and oxygen atoms in total. The second kappa shape index (κ2) is 14.8. The predicted octanol–water partition coefficient (Wildman–Crippen LogP) is 4.41. The molecular formula is C31H47N5O3S. The molecule has 1 saturated carbocycles. The first-order valence-corrected chi connectivity index (χ1v) is 15.4. The number of thiocarbonyl (C=S) groups is 1. The first kappa shape index (κ1) is 30.3. The number of hydrogen-bond acceptors (Lipinski definition) is 5. The van der Waals surface area contributed by atoms with Crippen LogP contribution in [0.1, 0.15) is 69.5 Å². The average Bonchev–Trinajstić information content (AvgIpc) is 3.41. The van der Waals surface area contributed by atoms with Crippen LogP contribution in [0.25, 0.3) is 0 Å². The molecule has 2 N–H and O–H groups in total. The molecule has 1 aromatic carbocycles. The van der Waals surface area contributed by atoms with Crippen molar-refractivity contribution in [1.29, 1.82) is 0 Å². The molecule has 1 amide bonds. The molecule has 2 aliphatic rings. The van der Waals surface area contributed by atoms with Crippen LogP contribution < -0.4 is 15.4 Å². The maximum Gasteiger partial charge on any atom is 0.245 e. The lowest BCUT2D eigenvalue weighted by Crippen LogP contribution is -2.57. The summed E-state index contributed by atoms with van der Waals surface area (Å²) in [5, 5.41) is 7.10. The van der Waals surface area contributed by atoms with Crippen molar-refractivity contribution in [1.82, 2.24) is 25.1 Å². The summed E-state index contributed by atoms with van der Waals surface area (Å²) in [6, 6.07) is 7.44. The van der Waals surface area contributed by atoms with Crippen molar-refractivity contribution < 1.29 is 14.3 Å². The molecule has 0 bridgehead atoms. The fourth-order valence-corrected chi connectivity index (χ4v) is 6.48. The standard InChI is InChI=1S/C31H47N5O3S/c1-4-20-39-31(25-8-6-5-7-9-25)15-18-36(19-16-31)29(37)28(21-24-10-12-27(38-3)13-11-24)34-30(40)32-17-14-26-22-35(2)23-33-26/h10-13,22-23,25,28H,4-9,14-21H2,1-3H3,(H2,32,34,40). The monoisotopic (exact) mass is 569 g/mol. The van der Waals surface area contributed by atoms with Crippen LogP contribution in [0.2, 0.25) is 0 Å². The molecule has 220 valence electrons. The van der Waals surface area contributed by atoms with E-state index in [0.29, 0.717) is 24.0 Å². The van der Waals surface area contributed by atoms with E-state index in [0.717, 1.165) is 62.4 Å². The molecule has 1 atom stereocenters. The van der Waals surface area contributed by atoms with Crippen LogP contribution in [0.3, 0.4) is 0 Å². The maximum atomic E-state index is 14.0. The number of aromatic nitrogens is 2. The van der Waals surface area contributed by atoms with Crippen LogP contribution in [0.5, 0.6) is 5.75 Å². The van der Waals surface area contributed by atoms with Gasteiger partial charge in [0.2, 0.25) is 5.91 Å². The number of amides is 1. The molecular weight excluding hydrogens is 522 g/mol. The molecule has 1 aliphatic carbocycles. The Kier molecular flexibility index (Phi) is 11.2. The summed E-state index contributed by atoms with van der Waals surface area (Å²) >= 11 is 5.64. The average molecular weight is 570 g/mol. The van der Waals surface area contributed by atoms with Gasteiger partial charge >= 0.3 is 0 Å². The number of nitrogens with one attached hydrogen (secondary N) is 2. The molecule has 2 aromatic rings. The predicted molar refractivity (Wildman–Crippen MR) is 162 cm³/mol. The highest BCUT2D eigenvalue weighted by Crippen LogP contribution is 2.42. The number of hydrogen-bond donors (Lipinski definition) is 2. The quantitative estimate of drug-likeness (QED) is 0.367. The van der Waals surface area contributed by atoms with E-state index in [-0.39, 0.29) is 11.5 Å². The summed E-state index contributed by atoms with van der Waals surface area (Å²) in [6.07, 6.45) is 14.4. The van der Waals surface area contributed by atoms with Crippen LogP contribution in [-0.4, -0.2) is 70.5 Å². The number of carbonyl (C=O) groups is 1. The molecule has 0 spiro atoms. The minimum Gasteiger partial charge on any atom is -0.497 e. The molecule has 1 aromatic heterocycles. The molecule has 2 fully saturated rings. The van der Waals surface area contributed by atoms with Crippen LogP contribution in [0, 0.1) is 5.92 Å². The van der Waals surface area contributed by atoms with E-state index in [1.165, 1.54) is 32.1 Å². The van der Waals surface area contributed by atoms with Crippen molar-refractivity contribution >= 4 is 23.2 Å². The first-order valence-electron chi connectivity index (χ1n) is 15.0. The van der Waals surface area contributed by atoms with Crippen molar-refractivity contribution in [2.45, 2.75) is 82.8 Å². The van der Waals surface area contributed by atoms with E-state index in [4.69, 9.17) is 21.7 Å². The van der Waals surface area contributed by atoms with Crippen molar-refractivity contribution in [3.63, 3.8) is 0 Å². The number of carbonyl (C=O) groups excluding carboxylic acids is 1. The highest BCUT2D eigenvalue weighted by molar-refractivity contribution is 7.80. The van der Waals surface area contributed by atoms with E-state index in [1.807, 2.05) is 47.0 Å². The number of imidazole rings is 1. The van der Waals surface area contributed by atoms with Crippen molar-refractivity contribution in [2.75, 3.05) is 33.4 Å².